The Balaban J connectivity index is 3.14. The van der Waals surface area contributed by atoms with Gasteiger partial charge >= 0.3 is 5.69 Å². The van der Waals surface area contributed by atoms with Gasteiger partial charge in [-0.25, -0.2) is 4.98 Å². The molecule has 1 rings (SSSR count). The molecular weight excluding hydrogens is 252 g/mol. The lowest BCUT2D eigenvalue weighted by molar-refractivity contribution is -0.389. The number of nitrogens with one attached hydrogen (secondary N) is 1. The van der Waals surface area contributed by atoms with Gasteiger partial charge in [-0.3, -0.25) is 10.1 Å². The van der Waals surface area contributed by atoms with Crippen molar-refractivity contribution in [3.05, 3.63) is 15.8 Å². The molecule has 100 valence electrons. The van der Waals surface area contributed by atoms with E-state index in [-0.39, 0.29) is 10.9 Å². The molecule has 1 heterocycles. The third-order valence-electron chi connectivity index (χ3n) is 2.09. The van der Waals surface area contributed by atoms with Gasteiger partial charge in [0.25, 0.3) is 0 Å². The van der Waals surface area contributed by atoms with Crippen molar-refractivity contribution < 1.29 is 4.92 Å². The summed E-state index contributed by atoms with van der Waals surface area (Å²) in [6.07, 6.45) is 0.950. The second-order valence-electron chi connectivity index (χ2n) is 4.14. The van der Waals surface area contributed by atoms with Crippen molar-refractivity contribution in [2.24, 2.45) is 0 Å². The van der Waals surface area contributed by atoms with Gasteiger partial charge in [-0.15, -0.1) is 0 Å². The summed E-state index contributed by atoms with van der Waals surface area (Å²) in [7, 11) is 0. The molecule has 0 saturated carbocycles. The summed E-state index contributed by atoms with van der Waals surface area (Å²) in [6.45, 7) is 8.38. The summed E-state index contributed by atoms with van der Waals surface area (Å²) in [6, 6.07) is 0. The fourth-order valence-corrected chi connectivity index (χ4v) is 2.29. The van der Waals surface area contributed by atoms with E-state index in [2.05, 4.69) is 15.3 Å². The van der Waals surface area contributed by atoms with Gasteiger partial charge in [0.1, 0.15) is 5.69 Å². The quantitative estimate of drug-likeness (QED) is 0.370. The van der Waals surface area contributed by atoms with Crippen LogP contribution in [0.4, 0.5) is 11.6 Å². The van der Waals surface area contributed by atoms with Crippen molar-refractivity contribution in [1.82, 2.24) is 9.97 Å². The van der Waals surface area contributed by atoms with E-state index >= 15 is 0 Å². The lowest BCUT2D eigenvalue weighted by Gasteiger charge is -2.09. The molecule has 0 aliphatic heterocycles. The number of nitro groups is 1. The van der Waals surface area contributed by atoms with E-state index in [0.717, 1.165) is 13.0 Å². The molecular formula is C11H18N4O2S. The third-order valence-corrected chi connectivity index (χ3v) is 3.07. The van der Waals surface area contributed by atoms with Crippen molar-refractivity contribution in [3.63, 3.8) is 0 Å². The molecule has 0 aromatic carbocycles. The lowest BCUT2D eigenvalue weighted by atomic mass is 10.4. The summed E-state index contributed by atoms with van der Waals surface area (Å²) < 4.78 is 0. The molecule has 7 heteroatoms. The first-order chi connectivity index (χ1) is 8.45. The molecule has 1 aromatic rings. The van der Waals surface area contributed by atoms with Gasteiger partial charge in [-0.1, -0.05) is 32.5 Å². The zero-order chi connectivity index (χ0) is 13.7. The fraction of sp³-hybridized carbons (Fsp3) is 0.636. The van der Waals surface area contributed by atoms with E-state index in [9.17, 15) is 10.1 Å². The number of aryl methyl sites for hydroxylation is 1. The first-order valence-corrected chi connectivity index (χ1v) is 6.77. The zero-order valence-electron chi connectivity index (χ0n) is 11.1. The second kappa shape index (κ2) is 6.53. The van der Waals surface area contributed by atoms with Crippen molar-refractivity contribution in [1.29, 1.82) is 0 Å². The standard InChI is InChI=1S/C11H18N4O2S/c1-5-6-12-11-13-8(4)9(15(16)17)10(14-11)18-7(2)3/h7H,5-6H2,1-4H3,(H,12,13,14). The van der Waals surface area contributed by atoms with E-state index in [1.54, 1.807) is 6.92 Å². The highest BCUT2D eigenvalue weighted by molar-refractivity contribution is 7.99. The number of anilines is 1. The number of hydrogen-bond acceptors (Lipinski definition) is 6. The molecule has 1 N–H and O–H groups in total. The van der Waals surface area contributed by atoms with E-state index in [1.165, 1.54) is 11.8 Å². The number of thioether (sulfide) groups is 1. The van der Waals surface area contributed by atoms with Crippen molar-refractivity contribution >= 4 is 23.4 Å². The largest absolute Gasteiger partial charge is 0.354 e. The Kier molecular flexibility index (Phi) is 5.33. The van der Waals surface area contributed by atoms with Gasteiger partial charge in [0.2, 0.25) is 5.95 Å². The summed E-state index contributed by atoms with van der Waals surface area (Å²) in [4.78, 5) is 19.0. The van der Waals surface area contributed by atoms with Crippen molar-refractivity contribution in [2.75, 3.05) is 11.9 Å². The maximum absolute atomic E-state index is 11.0. The second-order valence-corrected chi connectivity index (χ2v) is 5.70. The average molecular weight is 270 g/mol. The van der Waals surface area contributed by atoms with Crippen LogP contribution in [0.25, 0.3) is 0 Å². The Labute approximate surface area is 111 Å². The lowest BCUT2D eigenvalue weighted by Crippen LogP contribution is -2.09. The van der Waals surface area contributed by atoms with Crippen LogP contribution < -0.4 is 5.32 Å². The summed E-state index contributed by atoms with van der Waals surface area (Å²) in [5.41, 5.74) is 0.410. The van der Waals surface area contributed by atoms with Crippen LogP contribution in [-0.4, -0.2) is 26.7 Å². The molecule has 0 aliphatic carbocycles. The van der Waals surface area contributed by atoms with Gasteiger partial charge in [0.05, 0.1) is 4.92 Å². The maximum Gasteiger partial charge on any atom is 0.322 e. The molecule has 0 saturated heterocycles. The minimum absolute atomic E-state index is 0.00995. The third kappa shape index (κ3) is 3.83. The van der Waals surface area contributed by atoms with Crippen LogP contribution in [0.3, 0.4) is 0 Å². The first kappa shape index (κ1) is 14.7. The average Bonchev–Trinajstić information content (AvgIpc) is 2.24. The maximum atomic E-state index is 11.0. The van der Waals surface area contributed by atoms with Gasteiger partial charge in [-0.2, -0.15) is 4.98 Å². The Morgan fingerprint density at radius 1 is 1.44 bits per heavy atom. The normalized spacial score (nSPS) is 10.7. The number of hydrogen-bond donors (Lipinski definition) is 1. The highest BCUT2D eigenvalue weighted by atomic mass is 32.2. The topological polar surface area (TPSA) is 81.0 Å². The van der Waals surface area contributed by atoms with Crippen LogP contribution in [0.15, 0.2) is 5.03 Å². The Hall–Kier alpha value is -1.37. The van der Waals surface area contributed by atoms with Crippen LogP contribution in [0.1, 0.15) is 32.9 Å². The van der Waals surface area contributed by atoms with Crippen molar-refractivity contribution in [2.45, 2.75) is 44.4 Å². The van der Waals surface area contributed by atoms with Gasteiger partial charge < -0.3 is 5.32 Å². The van der Waals surface area contributed by atoms with Crippen LogP contribution in [0.2, 0.25) is 0 Å². The summed E-state index contributed by atoms with van der Waals surface area (Å²) in [5, 5.41) is 14.8. The predicted octanol–water partition coefficient (Wildman–Crippen LogP) is 3.02. The minimum atomic E-state index is -0.413. The smallest absolute Gasteiger partial charge is 0.322 e. The van der Waals surface area contributed by atoms with E-state index in [1.807, 2.05) is 20.8 Å². The zero-order valence-corrected chi connectivity index (χ0v) is 11.9. The van der Waals surface area contributed by atoms with E-state index in [4.69, 9.17) is 0 Å². The molecule has 18 heavy (non-hydrogen) atoms. The van der Waals surface area contributed by atoms with Gasteiger partial charge in [0, 0.05) is 11.8 Å². The molecule has 0 bridgehead atoms. The molecule has 0 aliphatic rings. The van der Waals surface area contributed by atoms with E-state index in [0.29, 0.717) is 16.7 Å². The molecule has 1 aromatic heterocycles. The number of nitrogens with zero attached hydrogens (tertiary/aromatic N) is 3. The van der Waals surface area contributed by atoms with Crippen LogP contribution in [0.5, 0.6) is 0 Å². The number of aromatic nitrogens is 2. The SMILES string of the molecule is CCCNc1nc(C)c([N+](=O)[O-])c(SC(C)C)n1. The molecule has 0 atom stereocenters. The molecule has 0 spiro atoms. The number of rotatable bonds is 6. The van der Waals surface area contributed by atoms with Gasteiger partial charge in [-0.05, 0) is 13.3 Å². The van der Waals surface area contributed by atoms with Crippen LogP contribution >= 0.6 is 11.8 Å². The predicted molar refractivity (Wildman–Crippen MR) is 73.2 cm³/mol. The molecule has 0 unspecified atom stereocenters. The first-order valence-electron chi connectivity index (χ1n) is 5.89. The Bertz CT molecular complexity index is 437. The Morgan fingerprint density at radius 2 is 2.11 bits per heavy atom. The summed E-state index contributed by atoms with van der Waals surface area (Å²) in [5.74, 6) is 0.461. The molecule has 0 radical (unpaired) electrons. The fourth-order valence-electron chi connectivity index (χ4n) is 1.37. The highest BCUT2D eigenvalue weighted by Crippen LogP contribution is 2.32. The minimum Gasteiger partial charge on any atom is -0.354 e. The monoisotopic (exact) mass is 270 g/mol. The molecule has 0 fully saturated rings. The highest BCUT2D eigenvalue weighted by Gasteiger charge is 2.23. The molecule has 0 amide bonds. The van der Waals surface area contributed by atoms with Crippen LogP contribution in [0, 0.1) is 17.0 Å². The van der Waals surface area contributed by atoms with Gasteiger partial charge in [0.15, 0.2) is 5.03 Å². The van der Waals surface area contributed by atoms with Crippen molar-refractivity contribution in [3.8, 4) is 0 Å². The van der Waals surface area contributed by atoms with Crippen LogP contribution in [-0.2, 0) is 0 Å². The summed E-state index contributed by atoms with van der Waals surface area (Å²) >= 11 is 1.38. The van der Waals surface area contributed by atoms with E-state index < -0.39 is 4.92 Å². The molecule has 6 nitrogen and oxygen atoms in total. The Morgan fingerprint density at radius 3 is 2.61 bits per heavy atom.